The van der Waals surface area contributed by atoms with Crippen molar-refractivity contribution in [2.45, 2.75) is 39.3 Å². The van der Waals surface area contributed by atoms with E-state index in [-0.39, 0.29) is 6.04 Å². The smallest absolute Gasteiger partial charge is 0.413 e. The number of hydrogen-bond donors (Lipinski definition) is 1. The molecule has 2 aromatic rings. The number of carbonyl (C=O) groups is 1. The van der Waals surface area contributed by atoms with Crippen molar-refractivity contribution < 1.29 is 9.53 Å². The monoisotopic (exact) mass is 370 g/mol. The van der Waals surface area contributed by atoms with E-state index in [1.165, 1.54) is 0 Å². The molecular weight excluding hydrogens is 344 g/mol. The molecule has 1 saturated heterocycles. The number of nitrogens with zero attached hydrogens (tertiary/aromatic N) is 5. The first-order valence-electron chi connectivity index (χ1n) is 9.06. The Labute approximate surface area is 159 Å². The maximum absolute atomic E-state index is 11.8. The van der Waals surface area contributed by atoms with Gasteiger partial charge < -0.3 is 14.5 Å². The van der Waals surface area contributed by atoms with Gasteiger partial charge in [-0.05, 0) is 39.8 Å². The van der Waals surface area contributed by atoms with E-state index in [0.29, 0.717) is 5.82 Å². The number of anilines is 3. The Kier molecular flexibility index (Phi) is 5.43. The third-order valence-electron chi connectivity index (χ3n) is 4.16. The van der Waals surface area contributed by atoms with E-state index in [9.17, 15) is 4.79 Å². The average Bonchev–Trinajstić information content (AvgIpc) is 2.61. The highest BCUT2D eigenvalue weighted by Crippen LogP contribution is 2.21. The van der Waals surface area contributed by atoms with Gasteiger partial charge in [0.1, 0.15) is 17.2 Å². The summed E-state index contributed by atoms with van der Waals surface area (Å²) in [7, 11) is 0. The van der Waals surface area contributed by atoms with Crippen LogP contribution >= 0.6 is 0 Å². The Morgan fingerprint density at radius 3 is 2.56 bits per heavy atom. The fraction of sp³-hybridized carbons (Fsp3) is 0.474. The fourth-order valence-corrected chi connectivity index (χ4v) is 2.99. The minimum atomic E-state index is -0.555. The molecule has 0 bridgehead atoms. The molecule has 8 nitrogen and oxygen atoms in total. The van der Waals surface area contributed by atoms with Crippen LogP contribution in [0.2, 0.25) is 0 Å². The van der Waals surface area contributed by atoms with Gasteiger partial charge in [-0.25, -0.2) is 19.7 Å². The molecule has 0 aromatic carbocycles. The zero-order valence-electron chi connectivity index (χ0n) is 16.2. The first kappa shape index (κ1) is 18.9. The number of amides is 1. The molecule has 1 amide bonds. The van der Waals surface area contributed by atoms with Crippen LogP contribution in [0.1, 0.15) is 27.7 Å². The molecule has 1 fully saturated rings. The van der Waals surface area contributed by atoms with Gasteiger partial charge >= 0.3 is 6.09 Å². The summed E-state index contributed by atoms with van der Waals surface area (Å²) >= 11 is 0. The quantitative estimate of drug-likeness (QED) is 0.889. The molecule has 1 aliphatic heterocycles. The number of ether oxygens (including phenoxy) is 1. The van der Waals surface area contributed by atoms with Crippen molar-refractivity contribution in [1.82, 2.24) is 15.0 Å². The Morgan fingerprint density at radius 2 is 1.96 bits per heavy atom. The summed E-state index contributed by atoms with van der Waals surface area (Å²) in [4.78, 5) is 29.5. The first-order chi connectivity index (χ1) is 12.8. The Balaban J connectivity index is 1.60. The first-order valence-corrected chi connectivity index (χ1v) is 9.06. The largest absolute Gasteiger partial charge is 0.444 e. The predicted molar refractivity (Wildman–Crippen MR) is 105 cm³/mol. The van der Waals surface area contributed by atoms with Gasteiger partial charge in [0, 0.05) is 31.9 Å². The lowest BCUT2D eigenvalue weighted by molar-refractivity contribution is 0.0635. The van der Waals surface area contributed by atoms with Crippen molar-refractivity contribution in [3.8, 4) is 0 Å². The summed E-state index contributed by atoms with van der Waals surface area (Å²) in [5.41, 5.74) is -0.555. The van der Waals surface area contributed by atoms with E-state index in [2.05, 4.69) is 37.0 Å². The van der Waals surface area contributed by atoms with E-state index in [0.717, 1.165) is 31.3 Å². The summed E-state index contributed by atoms with van der Waals surface area (Å²) in [5.74, 6) is 2.15. The second kappa shape index (κ2) is 7.77. The van der Waals surface area contributed by atoms with E-state index in [1.807, 2.05) is 45.2 Å². The average molecular weight is 370 g/mol. The normalized spacial score (nSPS) is 17.6. The second-order valence-electron chi connectivity index (χ2n) is 7.56. The number of piperazine rings is 1. The van der Waals surface area contributed by atoms with Crippen molar-refractivity contribution in [2.24, 2.45) is 0 Å². The third-order valence-corrected chi connectivity index (χ3v) is 4.16. The van der Waals surface area contributed by atoms with Crippen molar-refractivity contribution in [2.75, 3.05) is 34.8 Å². The van der Waals surface area contributed by atoms with Crippen LogP contribution in [-0.4, -0.2) is 52.3 Å². The van der Waals surface area contributed by atoms with Gasteiger partial charge in [0.25, 0.3) is 0 Å². The van der Waals surface area contributed by atoms with E-state index in [4.69, 9.17) is 4.74 Å². The number of aromatic nitrogens is 3. The molecule has 1 aliphatic rings. The summed E-state index contributed by atoms with van der Waals surface area (Å²) < 4.78 is 5.22. The zero-order valence-corrected chi connectivity index (χ0v) is 16.2. The van der Waals surface area contributed by atoms with Crippen LogP contribution in [0.25, 0.3) is 0 Å². The van der Waals surface area contributed by atoms with Crippen molar-refractivity contribution >= 4 is 23.5 Å². The minimum Gasteiger partial charge on any atom is -0.444 e. The lowest BCUT2D eigenvalue weighted by Gasteiger charge is -2.40. The highest BCUT2D eigenvalue weighted by Gasteiger charge is 2.25. The SMILES string of the molecule is C[C@H]1CN(c2ccccn2)CCN1c1cnc(NC(=O)OC(C)(C)C)cn1. The fourth-order valence-electron chi connectivity index (χ4n) is 2.99. The van der Waals surface area contributed by atoms with Crippen LogP contribution in [-0.2, 0) is 4.74 Å². The van der Waals surface area contributed by atoms with Gasteiger partial charge in [-0.2, -0.15) is 0 Å². The number of hydrogen-bond acceptors (Lipinski definition) is 7. The van der Waals surface area contributed by atoms with Gasteiger partial charge in [0.2, 0.25) is 0 Å². The molecule has 1 atom stereocenters. The maximum atomic E-state index is 11.8. The molecule has 0 radical (unpaired) electrons. The molecule has 27 heavy (non-hydrogen) atoms. The lowest BCUT2D eigenvalue weighted by atomic mass is 10.2. The maximum Gasteiger partial charge on any atom is 0.413 e. The highest BCUT2D eigenvalue weighted by atomic mass is 16.6. The van der Waals surface area contributed by atoms with Crippen molar-refractivity contribution in [1.29, 1.82) is 0 Å². The topological polar surface area (TPSA) is 83.5 Å². The van der Waals surface area contributed by atoms with E-state index in [1.54, 1.807) is 12.4 Å². The second-order valence-corrected chi connectivity index (χ2v) is 7.56. The molecule has 144 valence electrons. The van der Waals surface area contributed by atoms with Crippen LogP contribution < -0.4 is 15.1 Å². The molecule has 0 aliphatic carbocycles. The number of nitrogens with one attached hydrogen (secondary N) is 1. The Morgan fingerprint density at radius 1 is 1.15 bits per heavy atom. The molecule has 2 aromatic heterocycles. The summed E-state index contributed by atoms with van der Waals surface area (Å²) in [6.45, 7) is 10.1. The predicted octanol–water partition coefficient (Wildman–Crippen LogP) is 2.93. The number of pyridine rings is 1. The molecule has 0 unspecified atom stereocenters. The summed E-state index contributed by atoms with van der Waals surface area (Å²) in [6.07, 6.45) is 4.51. The van der Waals surface area contributed by atoms with Gasteiger partial charge in [-0.1, -0.05) is 6.07 Å². The van der Waals surface area contributed by atoms with Crippen LogP contribution in [0.5, 0.6) is 0 Å². The molecule has 3 heterocycles. The molecule has 0 spiro atoms. The van der Waals surface area contributed by atoms with Crippen LogP contribution in [0.3, 0.4) is 0 Å². The highest BCUT2D eigenvalue weighted by molar-refractivity contribution is 5.83. The van der Waals surface area contributed by atoms with Gasteiger partial charge in [-0.3, -0.25) is 5.32 Å². The Bertz CT molecular complexity index is 760. The Hall–Kier alpha value is -2.90. The van der Waals surface area contributed by atoms with Crippen molar-refractivity contribution in [3.63, 3.8) is 0 Å². The van der Waals surface area contributed by atoms with Gasteiger partial charge in [-0.15, -0.1) is 0 Å². The summed E-state index contributed by atoms with van der Waals surface area (Å²) in [6, 6.07) is 6.21. The number of rotatable bonds is 3. The molecule has 8 heteroatoms. The standard InChI is InChI=1S/C19H26N6O2/c1-14-13-24(16-7-5-6-8-20-16)9-10-25(14)17-12-21-15(11-22-17)23-18(26)27-19(2,3)4/h5-8,11-12,14H,9-10,13H2,1-4H3,(H,21,23,26)/t14-/m0/s1. The van der Waals surface area contributed by atoms with E-state index < -0.39 is 11.7 Å². The summed E-state index contributed by atoms with van der Waals surface area (Å²) in [5, 5.41) is 2.60. The third kappa shape index (κ3) is 5.06. The van der Waals surface area contributed by atoms with Crippen molar-refractivity contribution in [3.05, 3.63) is 36.8 Å². The van der Waals surface area contributed by atoms with Crippen LogP contribution in [0.15, 0.2) is 36.8 Å². The minimum absolute atomic E-state index is 0.264. The van der Waals surface area contributed by atoms with Gasteiger partial charge in [0.05, 0.1) is 12.4 Å². The van der Waals surface area contributed by atoms with E-state index >= 15 is 0 Å². The zero-order chi connectivity index (χ0) is 19.4. The molecule has 3 rings (SSSR count). The van der Waals surface area contributed by atoms with Crippen LogP contribution in [0.4, 0.5) is 22.2 Å². The van der Waals surface area contributed by atoms with Crippen LogP contribution in [0, 0.1) is 0 Å². The molecule has 0 saturated carbocycles. The number of carbonyl (C=O) groups excluding carboxylic acids is 1. The van der Waals surface area contributed by atoms with Gasteiger partial charge in [0.15, 0.2) is 5.82 Å². The lowest BCUT2D eigenvalue weighted by Crippen LogP contribution is -2.52. The molecular formula is C19H26N6O2. The molecule has 1 N–H and O–H groups in total.